The van der Waals surface area contributed by atoms with Crippen LogP contribution in [-0.2, 0) is 11.2 Å². The zero-order chi connectivity index (χ0) is 17.3. The summed E-state index contributed by atoms with van der Waals surface area (Å²) in [5.41, 5.74) is 4.16. The first-order chi connectivity index (χ1) is 11.5. The molecular weight excluding hydrogens is 322 g/mol. The largest absolute Gasteiger partial charge is 0.493 e. The summed E-state index contributed by atoms with van der Waals surface area (Å²) in [6.45, 7) is 4.01. The summed E-state index contributed by atoms with van der Waals surface area (Å²) in [6, 6.07) is 10.0. The molecule has 2 aromatic carbocycles. The van der Waals surface area contributed by atoms with Gasteiger partial charge in [-0.1, -0.05) is 17.7 Å². The Kier molecular flexibility index (Phi) is 4.71. The van der Waals surface area contributed by atoms with E-state index in [0.29, 0.717) is 11.5 Å². The molecule has 126 valence electrons. The Morgan fingerprint density at radius 2 is 1.83 bits per heavy atom. The molecule has 0 saturated carbocycles. The van der Waals surface area contributed by atoms with E-state index in [0.717, 1.165) is 17.7 Å². The predicted molar refractivity (Wildman–Crippen MR) is 97.4 cm³/mol. The van der Waals surface area contributed by atoms with Crippen LogP contribution in [0.5, 0.6) is 11.5 Å². The van der Waals surface area contributed by atoms with Gasteiger partial charge in [-0.2, -0.15) is 0 Å². The Hall–Kier alpha value is -2.14. The van der Waals surface area contributed by atoms with Crippen molar-refractivity contribution in [1.82, 2.24) is 0 Å². The van der Waals surface area contributed by atoms with Crippen molar-refractivity contribution in [3.05, 3.63) is 47.0 Å². The van der Waals surface area contributed by atoms with Crippen LogP contribution in [0.3, 0.4) is 0 Å². The first-order valence-electron chi connectivity index (χ1n) is 7.81. The molecule has 1 N–H and O–H groups in total. The summed E-state index contributed by atoms with van der Waals surface area (Å²) in [5, 5.41) is 2.93. The van der Waals surface area contributed by atoms with E-state index in [1.54, 1.807) is 26.0 Å². The summed E-state index contributed by atoms with van der Waals surface area (Å²) < 4.78 is 10.6. The molecule has 1 aliphatic rings. The van der Waals surface area contributed by atoms with Gasteiger partial charge >= 0.3 is 0 Å². The lowest BCUT2D eigenvalue weighted by Crippen LogP contribution is -2.25. The molecule has 0 radical (unpaired) electrons. The molecule has 4 nitrogen and oxygen atoms in total. The first-order valence-corrected chi connectivity index (χ1v) is 8.69. The monoisotopic (exact) mass is 343 g/mol. The summed E-state index contributed by atoms with van der Waals surface area (Å²) in [6.07, 6.45) is 0.762. The molecule has 0 fully saturated rings. The highest BCUT2D eigenvalue weighted by Crippen LogP contribution is 2.39. The number of benzene rings is 2. The van der Waals surface area contributed by atoms with Crippen molar-refractivity contribution in [1.29, 1.82) is 0 Å². The molecule has 0 spiro atoms. The van der Waals surface area contributed by atoms with E-state index in [-0.39, 0.29) is 11.2 Å². The summed E-state index contributed by atoms with van der Waals surface area (Å²) >= 11 is 1.63. The van der Waals surface area contributed by atoms with Gasteiger partial charge in [0.2, 0.25) is 5.91 Å². The minimum absolute atomic E-state index is 0.0178. The van der Waals surface area contributed by atoms with E-state index in [9.17, 15) is 4.79 Å². The number of anilines is 1. The molecule has 1 amide bonds. The van der Waals surface area contributed by atoms with Gasteiger partial charge in [0.05, 0.1) is 19.5 Å². The molecule has 1 aliphatic heterocycles. The number of aryl methyl sites for hydroxylation is 2. The SMILES string of the molecule is COc1cc(C)c(NC(=O)[C@H]2Cc3ccc(C)cc3S2)cc1OC. The fraction of sp³-hybridized carbons (Fsp3) is 0.316. The van der Waals surface area contributed by atoms with Crippen LogP contribution in [0.1, 0.15) is 16.7 Å². The van der Waals surface area contributed by atoms with Crippen LogP contribution < -0.4 is 14.8 Å². The molecule has 5 heteroatoms. The predicted octanol–water partition coefficient (Wildman–Crippen LogP) is 3.98. The average Bonchev–Trinajstić information content (AvgIpc) is 2.99. The van der Waals surface area contributed by atoms with Crippen molar-refractivity contribution in [3.8, 4) is 11.5 Å². The third-order valence-electron chi connectivity index (χ3n) is 4.18. The second-order valence-corrected chi connectivity index (χ2v) is 7.18. The van der Waals surface area contributed by atoms with Gasteiger partial charge in [-0.3, -0.25) is 4.79 Å². The molecule has 24 heavy (non-hydrogen) atoms. The maximum absolute atomic E-state index is 12.7. The number of amides is 1. The Morgan fingerprint density at radius 1 is 1.12 bits per heavy atom. The number of nitrogens with one attached hydrogen (secondary N) is 1. The fourth-order valence-electron chi connectivity index (χ4n) is 2.81. The lowest BCUT2D eigenvalue weighted by atomic mass is 10.1. The number of carbonyl (C=O) groups excluding carboxylic acids is 1. The van der Waals surface area contributed by atoms with Gasteiger partial charge in [0.1, 0.15) is 0 Å². The summed E-state index contributed by atoms with van der Waals surface area (Å²) in [7, 11) is 3.19. The van der Waals surface area contributed by atoms with Crippen LogP contribution in [0.4, 0.5) is 5.69 Å². The van der Waals surface area contributed by atoms with E-state index in [1.807, 2.05) is 19.1 Å². The van der Waals surface area contributed by atoms with Crippen LogP contribution in [0.2, 0.25) is 0 Å². The van der Waals surface area contributed by atoms with Crippen LogP contribution >= 0.6 is 11.8 Å². The molecule has 0 aromatic heterocycles. The fourth-order valence-corrected chi connectivity index (χ4v) is 4.10. The zero-order valence-electron chi connectivity index (χ0n) is 14.3. The van der Waals surface area contributed by atoms with Crippen LogP contribution in [0, 0.1) is 13.8 Å². The second-order valence-electron chi connectivity index (χ2n) is 5.93. The number of fused-ring (bicyclic) bond motifs is 1. The smallest absolute Gasteiger partial charge is 0.238 e. The van der Waals surface area contributed by atoms with Gasteiger partial charge in [0, 0.05) is 16.6 Å². The number of carbonyl (C=O) groups is 1. The van der Waals surface area contributed by atoms with Crippen LogP contribution in [0.15, 0.2) is 35.2 Å². The number of rotatable bonds is 4. The third-order valence-corrected chi connectivity index (χ3v) is 5.48. The first kappa shape index (κ1) is 16.7. The summed E-state index contributed by atoms with van der Waals surface area (Å²) in [5.74, 6) is 1.28. The standard InChI is InChI=1S/C19H21NO3S/c1-11-5-6-13-9-18(24-17(13)7-11)19(21)20-14-10-16(23-4)15(22-3)8-12(14)2/h5-8,10,18H,9H2,1-4H3,(H,20,21)/t18-/m1/s1. The molecule has 0 aliphatic carbocycles. The van der Waals surface area contributed by atoms with Crippen molar-refractivity contribution in [2.45, 2.75) is 30.4 Å². The van der Waals surface area contributed by atoms with E-state index < -0.39 is 0 Å². The van der Waals surface area contributed by atoms with Crippen LogP contribution in [0.25, 0.3) is 0 Å². The van der Waals surface area contributed by atoms with Gasteiger partial charge in [-0.15, -0.1) is 11.8 Å². The van der Waals surface area contributed by atoms with E-state index in [2.05, 4.69) is 30.4 Å². The quantitative estimate of drug-likeness (QED) is 0.912. The number of thioether (sulfide) groups is 1. The van der Waals surface area contributed by atoms with E-state index >= 15 is 0 Å². The zero-order valence-corrected chi connectivity index (χ0v) is 15.1. The van der Waals surface area contributed by atoms with Crippen molar-refractivity contribution in [2.24, 2.45) is 0 Å². The van der Waals surface area contributed by atoms with Crippen molar-refractivity contribution >= 4 is 23.4 Å². The number of hydrogen-bond acceptors (Lipinski definition) is 4. The molecule has 1 heterocycles. The number of methoxy groups -OCH3 is 2. The summed E-state index contributed by atoms with van der Waals surface area (Å²) in [4.78, 5) is 13.9. The minimum atomic E-state index is -0.103. The Balaban J connectivity index is 1.76. The molecule has 0 unspecified atom stereocenters. The molecule has 0 bridgehead atoms. The van der Waals surface area contributed by atoms with Crippen LogP contribution in [-0.4, -0.2) is 25.4 Å². The van der Waals surface area contributed by atoms with Crippen molar-refractivity contribution < 1.29 is 14.3 Å². The highest BCUT2D eigenvalue weighted by atomic mass is 32.2. The van der Waals surface area contributed by atoms with Gasteiger partial charge < -0.3 is 14.8 Å². The third kappa shape index (κ3) is 3.22. The van der Waals surface area contributed by atoms with E-state index in [1.165, 1.54) is 16.0 Å². The van der Waals surface area contributed by atoms with Crippen molar-refractivity contribution in [3.63, 3.8) is 0 Å². The Morgan fingerprint density at radius 3 is 2.54 bits per heavy atom. The minimum Gasteiger partial charge on any atom is -0.493 e. The maximum atomic E-state index is 12.7. The van der Waals surface area contributed by atoms with Gasteiger partial charge in [-0.05, 0) is 43.5 Å². The highest BCUT2D eigenvalue weighted by molar-refractivity contribution is 8.01. The number of hydrogen-bond donors (Lipinski definition) is 1. The molecule has 0 saturated heterocycles. The number of ether oxygens (including phenoxy) is 2. The van der Waals surface area contributed by atoms with Crippen molar-refractivity contribution in [2.75, 3.05) is 19.5 Å². The molecule has 1 atom stereocenters. The highest BCUT2D eigenvalue weighted by Gasteiger charge is 2.28. The van der Waals surface area contributed by atoms with E-state index in [4.69, 9.17) is 9.47 Å². The topological polar surface area (TPSA) is 47.6 Å². The van der Waals surface area contributed by atoms with Gasteiger partial charge in [-0.25, -0.2) is 0 Å². The maximum Gasteiger partial charge on any atom is 0.238 e. The normalized spacial score (nSPS) is 15.8. The second kappa shape index (κ2) is 6.77. The van der Waals surface area contributed by atoms with Gasteiger partial charge in [0.15, 0.2) is 11.5 Å². The Labute approximate surface area is 146 Å². The lowest BCUT2D eigenvalue weighted by molar-refractivity contribution is -0.115. The Bertz CT molecular complexity index is 788. The molecular formula is C19H21NO3S. The average molecular weight is 343 g/mol. The molecule has 3 rings (SSSR count). The molecule has 2 aromatic rings. The lowest BCUT2D eigenvalue weighted by Gasteiger charge is -2.15. The van der Waals surface area contributed by atoms with Gasteiger partial charge in [0.25, 0.3) is 0 Å².